The van der Waals surface area contributed by atoms with Gasteiger partial charge in [0.2, 0.25) is 5.91 Å². The number of carbonyl (C=O) groups excluding carboxylic acids is 1. The Morgan fingerprint density at radius 1 is 1.54 bits per heavy atom. The fraction of sp³-hybridized carbons (Fsp3) is 0.889. The van der Waals surface area contributed by atoms with Crippen molar-refractivity contribution in [3.05, 3.63) is 0 Å². The number of carbonyl (C=O) groups is 1. The second-order valence-electron chi connectivity index (χ2n) is 3.43. The van der Waals surface area contributed by atoms with Gasteiger partial charge < -0.3 is 10.0 Å². The number of hydrogen-bond acceptors (Lipinski definition) is 2. The van der Waals surface area contributed by atoms with E-state index in [1.807, 2.05) is 0 Å². The SMILES string of the molecule is O=C(CCCCBr)N1CC[C@@H](O)C1. The maximum absolute atomic E-state index is 11.5. The van der Waals surface area contributed by atoms with Crippen molar-refractivity contribution in [2.24, 2.45) is 0 Å². The molecule has 0 aromatic carbocycles. The highest BCUT2D eigenvalue weighted by Gasteiger charge is 2.23. The lowest BCUT2D eigenvalue weighted by molar-refractivity contribution is -0.130. The van der Waals surface area contributed by atoms with Crippen molar-refractivity contribution in [2.75, 3.05) is 18.4 Å². The summed E-state index contributed by atoms with van der Waals surface area (Å²) in [5, 5.41) is 10.2. The summed E-state index contributed by atoms with van der Waals surface area (Å²) in [4.78, 5) is 13.2. The Hall–Kier alpha value is -0.0900. The number of amides is 1. The van der Waals surface area contributed by atoms with Crippen LogP contribution in [0.15, 0.2) is 0 Å². The number of hydrogen-bond donors (Lipinski definition) is 1. The van der Waals surface area contributed by atoms with Crippen molar-refractivity contribution in [1.29, 1.82) is 0 Å². The van der Waals surface area contributed by atoms with Gasteiger partial charge in [-0.25, -0.2) is 0 Å². The first-order chi connectivity index (χ1) is 6.24. The molecule has 1 fully saturated rings. The lowest BCUT2D eigenvalue weighted by atomic mass is 10.2. The third-order valence-electron chi connectivity index (χ3n) is 2.29. The molecule has 1 heterocycles. The standard InChI is InChI=1S/C9H16BrNO2/c10-5-2-1-3-9(13)11-6-4-8(12)7-11/h8,12H,1-7H2/t8-/m1/s1. The van der Waals surface area contributed by atoms with Crippen molar-refractivity contribution in [1.82, 2.24) is 4.90 Å². The molecule has 3 nitrogen and oxygen atoms in total. The Morgan fingerprint density at radius 2 is 2.31 bits per heavy atom. The van der Waals surface area contributed by atoms with Crippen LogP contribution in [0, 0.1) is 0 Å². The van der Waals surface area contributed by atoms with Crippen LogP contribution >= 0.6 is 15.9 Å². The zero-order valence-electron chi connectivity index (χ0n) is 7.71. The van der Waals surface area contributed by atoms with Crippen LogP contribution < -0.4 is 0 Å². The first-order valence-electron chi connectivity index (χ1n) is 4.76. The number of aliphatic hydroxyl groups excluding tert-OH is 1. The molecule has 4 heteroatoms. The molecule has 1 aliphatic rings. The summed E-state index contributed by atoms with van der Waals surface area (Å²) in [6, 6.07) is 0. The predicted octanol–water partition coefficient (Wildman–Crippen LogP) is 1.14. The number of halogens is 1. The first-order valence-corrected chi connectivity index (χ1v) is 5.88. The van der Waals surface area contributed by atoms with E-state index in [2.05, 4.69) is 15.9 Å². The minimum absolute atomic E-state index is 0.192. The van der Waals surface area contributed by atoms with Gasteiger partial charge in [-0.2, -0.15) is 0 Å². The van der Waals surface area contributed by atoms with Gasteiger partial charge in [0.1, 0.15) is 0 Å². The fourth-order valence-electron chi connectivity index (χ4n) is 1.50. The highest BCUT2D eigenvalue weighted by molar-refractivity contribution is 9.09. The lowest BCUT2D eigenvalue weighted by Gasteiger charge is -2.14. The van der Waals surface area contributed by atoms with Crippen LogP contribution in [0.4, 0.5) is 0 Å². The molecule has 0 bridgehead atoms. The molecule has 1 N–H and O–H groups in total. The van der Waals surface area contributed by atoms with Gasteiger partial charge in [-0.15, -0.1) is 0 Å². The predicted molar refractivity (Wildman–Crippen MR) is 54.8 cm³/mol. The quantitative estimate of drug-likeness (QED) is 0.600. The maximum Gasteiger partial charge on any atom is 0.222 e. The molecule has 0 aromatic rings. The van der Waals surface area contributed by atoms with Crippen LogP contribution in [0.5, 0.6) is 0 Å². The van der Waals surface area contributed by atoms with E-state index < -0.39 is 0 Å². The Labute approximate surface area is 87.2 Å². The second-order valence-corrected chi connectivity index (χ2v) is 4.22. The van der Waals surface area contributed by atoms with Crippen LogP contribution in [0.2, 0.25) is 0 Å². The minimum atomic E-state index is -0.292. The van der Waals surface area contributed by atoms with Gasteiger partial charge >= 0.3 is 0 Å². The number of aliphatic hydroxyl groups is 1. The zero-order valence-corrected chi connectivity index (χ0v) is 9.29. The summed E-state index contributed by atoms with van der Waals surface area (Å²) in [5.74, 6) is 0.192. The Bertz CT molecular complexity index is 175. The average molecular weight is 250 g/mol. The third-order valence-corrected chi connectivity index (χ3v) is 2.85. The summed E-state index contributed by atoms with van der Waals surface area (Å²) < 4.78 is 0. The van der Waals surface area contributed by atoms with Crippen molar-refractivity contribution < 1.29 is 9.90 Å². The fourth-order valence-corrected chi connectivity index (χ4v) is 1.89. The van der Waals surface area contributed by atoms with Gasteiger partial charge in [-0.05, 0) is 19.3 Å². The maximum atomic E-state index is 11.5. The molecule has 13 heavy (non-hydrogen) atoms. The van der Waals surface area contributed by atoms with Crippen molar-refractivity contribution in [3.63, 3.8) is 0 Å². The Kier molecular flexibility index (Phi) is 4.73. The van der Waals surface area contributed by atoms with Gasteiger partial charge in [-0.3, -0.25) is 4.79 Å². The topological polar surface area (TPSA) is 40.5 Å². The molecule has 0 aliphatic carbocycles. The van der Waals surface area contributed by atoms with E-state index in [9.17, 15) is 9.90 Å². The molecular formula is C9H16BrNO2. The second kappa shape index (κ2) is 5.60. The number of β-amino-alcohol motifs (C(OH)–C–C–N with tert-alkyl or cyclic N) is 1. The van der Waals surface area contributed by atoms with Gasteiger partial charge in [0.05, 0.1) is 6.10 Å². The molecule has 1 saturated heterocycles. The molecule has 0 radical (unpaired) electrons. The summed E-state index contributed by atoms with van der Waals surface area (Å²) in [6.45, 7) is 1.27. The van der Waals surface area contributed by atoms with E-state index in [4.69, 9.17) is 0 Å². The molecule has 0 aromatic heterocycles. The number of nitrogens with zero attached hydrogens (tertiary/aromatic N) is 1. The van der Waals surface area contributed by atoms with E-state index in [0.717, 1.165) is 31.1 Å². The highest BCUT2D eigenvalue weighted by atomic mass is 79.9. The molecule has 1 aliphatic heterocycles. The van der Waals surface area contributed by atoms with Gasteiger partial charge in [0, 0.05) is 24.8 Å². The van der Waals surface area contributed by atoms with Crippen molar-refractivity contribution in [3.8, 4) is 0 Å². The molecule has 0 unspecified atom stereocenters. The lowest BCUT2D eigenvalue weighted by Crippen LogP contribution is -2.29. The van der Waals surface area contributed by atoms with E-state index >= 15 is 0 Å². The monoisotopic (exact) mass is 249 g/mol. The van der Waals surface area contributed by atoms with Crippen LogP contribution in [-0.2, 0) is 4.79 Å². The highest BCUT2D eigenvalue weighted by Crippen LogP contribution is 2.11. The molecule has 1 rings (SSSR count). The number of alkyl halides is 1. The van der Waals surface area contributed by atoms with Gasteiger partial charge in [0.15, 0.2) is 0 Å². The van der Waals surface area contributed by atoms with Gasteiger partial charge in [-0.1, -0.05) is 15.9 Å². The normalized spacial score (nSPS) is 22.3. The largest absolute Gasteiger partial charge is 0.391 e. The van der Waals surface area contributed by atoms with Crippen molar-refractivity contribution in [2.45, 2.75) is 31.8 Å². The van der Waals surface area contributed by atoms with Crippen LogP contribution in [0.3, 0.4) is 0 Å². The van der Waals surface area contributed by atoms with Crippen LogP contribution in [0.1, 0.15) is 25.7 Å². The Balaban J connectivity index is 2.16. The van der Waals surface area contributed by atoms with E-state index in [-0.39, 0.29) is 12.0 Å². The molecule has 0 spiro atoms. The van der Waals surface area contributed by atoms with E-state index in [1.165, 1.54) is 0 Å². The van der Waals surface area contributed by atoms with Gasteiger partial charge in [0.25, 0.3) is 0 Å². The molecule has 1 amide bonds. The Morgan fingerprint density at radius 3 is 2.85 bits per heavy atom. The number of likely N-dealkylation sites (tertiary alicyclic amines) is 1. The zero-order chi connectivity index (χ0) is 9.68. The minimum Gasteiger partial charge on any atom is -0.391 e. The summed E-state index contributed by atoms with van der Waals surface area (Å²) in [7, 11) is 0. The molecular weight excluding hydrogens is 234 g/mol. The third kappa shape index (κ3) is 3.65. The van der Waals surface area contributed by atoms with Crippen molar-refractivity contribution >= 4 is 21.8 Å². The number of rotatable bonds is 4. The van der Waals surface area contributed by atoms with E-state index in [1.54, 1.807) is 4.90 Å². The summed E-state index contributed by atoms with van der Waals surface area (Å²) in [6.07, 6.45) is 3.06. The molecule has 1 atom stereocenters. The smallest absolute Gasteiger partial charge is 0.222 e. The summed E-state index contributed by atoms with van der Waals surface area (Å²) >= 11 is 3.33. The summed E-state index contributed by atoms with van der Waals surface area (Å²) in [5.41, 5.74) is 0. The van der Waals surface area contributed by atoms with E-state index in [0.29, 0.717) is 13.0 Å². The van der Waals surface area contributed by atoms with Crippen LogP contribution in [0.25, 0.3) is 0 Å². The average Bonchev–Trinajstić information content (AvgIpc) is 2.52. The number of unbranched alkanes of at least 4 members (excludes halogenated alkanes) is 1. The first kappa shape index (κ1) is 11.0. The molecule has 0 saturated carbocycles. The molecule has 76 valence electrons. The van der Waals surface area contributed by atoms with Crippen LogP contribution in [-0.4, -0.2) is 40.4 Å².